The van der Waals surface area contributed by atoms with Gasteiger partial charge in [-0.2, -0.15) is 0 Å². The summed E-state index contributed by atoms with van der Waals surface area (Å²) in [7, 11) is 0. The van der Waals surface area contributed by atoms with Crippen LogP contribution in [0.25, 0.3) is 0 Å². The first kappa shape index (κ1) is 21.8. The van der Waals surface area contributed by atoms with Gasteiger partial charge in [-0.15, -0.1) is 0 Å². The summed E-state index contributed by atoms with van der Waals surface area (Å²) in [5.41, 5.74) is 0. The largest absolute Gasteiger partial charge is 1.00 e. The number of halogens is 1. The van der Waals surface area contributed by atoms with Gasteiger partial charge in [0.1, 0.15) is 0 Å². The van der Waals surface area contributed by atoms with E-state index >= 15 is 0 Å². The zero-order chi connectivity index (χ0) is 12.6. The molecule has 0 amide bonds. The monoisotopic (exact) mass is 328 g/mol. The van der Waals surface area contributed by atoms with Crippen molar-refractivity contribution in [1.82, 2.24) is 0 Å². The smallest absolute Gasteiger partial charge is 1.00 e. The fourth-order valence-corrected chi connectivity index (χ4v) is 2.69. The van der Waals surface area contributed by atoms with Gasteiger partial charge in [0.05, 0.1) is 0 Å². The topological polar surface area (TPSA) is 0 Å². The normalized spacial score (nSPS) is 10.3. The van der Waals surface area contributed by atoms with Crippen LogP contribution in [0.5, 0.6) is 0 Å². The standard InChI is InChI=1S/C16H33Br.Na.H/c1-2-3-4-5-6-7-8-9-10-11-12-13-14-15-16-17;;/h2-16H2,1H3;;/q;+1;-1. The molecule has 0 aliphatic heterocycles. The Labute approximate surface area is 148 Å². The fraction of sp³-hybridized carbons (Fsp3) is 1.00. The van der Waals surface area contributed by atoms with Crippen molar-refractivity contribution in [3.8, 4) is 0 Å². The summed E-state index contributed by atoms with van der Waals surface area (Å²) in [4.78, 5) is 0. The van der Waals surface area contributed by atoms with E-state index in [1.807, 2.05) is 0 Å². The van der Waals surface area contributed by atoms with E-state index in [1.54, 1.807) is 0 Å². The maximum absolute atomic E-state index is 3.48. The van der Waals surface area contributed by atoms with Gasteiger partial charge in [0.2, 0.25) is 0 Å². The van der Waals surface area contributed by atoms with Gasteiger partial charge in [-0.25, -0.2) is 0 Å². The Bertz CT molecular complexity index is 120. The second kappa shape index (κ2) is 20.8. The van der Waals surface area contributed by atoms with Gasteiger partial charge in [0, 0.05) is 5.33 Å². The average molecular weight is 329 g/mol. The molecule has 18 heavy (non-hydrogen) atoms. The van der Waals surface area contributed by atoms with Crippen LogP contribution in [0.3, 0.4) is 0 Å². The van der Waals surface area contributed by atoms with Crippen molar-refractivity contribution in [2.45, 2.75) is 96.8 Å². The third-order valence-electron chi connectivity index (χ3n) is 3.49. The molecule has 0 saturated heterocycles. The van der Waals surface area contributed by atoms with Crippen molar-refractivity contribution in [2.75, 3.05) is 5.33 Å². The van der Waals surface area contributed by atoms with Gasteiger partial charge in [-0.3, -0.25) is 0 Å². The molecule has 0 N–H and O–H groups in total. The second-order valence-electron chi connectivity index (χ2n) is 5.29. The molecule has 0 aliphatic carbocycles. The predicted octanol–water partition coefficient (Wildman–Crippen LogP) is 3.98. The van der Waals surface area contributed by atoms with Crippen molar-refractivity contribution in [2.24, 2.45) is 0 Å². The average Bonchev–Trinajstić information content (AvgIpc) is 2.35. The van der Waals surface area contributed by atoms with E-state index in [1.165, 1.54) is 95.2 Å². The van der Waals surface area contributed by atoms with Crippen LogP contribution in [0.2, 0.25) is 0 Å². The Kier molecular flexibility index (Phi) is 25.1. The summed E-state index contributed by atoms with van der Waals surface area (Å²) in [6.07, 6.45) is 20.3. The van der Waals surface area contributed by atoms with Gasteiger partial charge >= 0.3 is 29.6 Å². The van der Waals surface area contributed by atoms with Crippen molar-refractivity contribution < 1.29 is 31.0 Å². The maximum Gasteiger partial charge on any atom is 1.00 e. The van der Waals surface area contributed by atoms with Crippen LogP contribution in [0.15, 0.2) is 0 Å². The first-order chi connectivity index (χ1) is 8.41. The SMILES string of the molecule is CCCCCCCCCCCCCCCCBr.[H-].[Na+]. The molecule has 0 aromatic carbocycles. The first-order valence-corrected chi connectivity index (χ1v) is 9.10. The summed E-state index contributed by atoms with van der Waals surface area (Å²) in [6.45, 7) is 2.29. The molecule has 0 radical (unpaired) electrons. The molecule has 2 heteroatoms. The molecule has 0 aliphatic rings. The Morgan fingerprint density at radius 1 is 0.556 bits per heavy atom. The van der Waals surface area contributed by atoms with Crippen LogP contribution in [-0.4, -0.2) is 5.33 Å². The number of rotatable bonds is 14. The Morgan fingerprint density at radius 2 is 0.833 bits per heavy atom. The molecular weight excluding hydrogens is 295 g/mol. The molecule has 0 nitrogen and oxygen atoms in total. The molecule has 0 saturated carbocycles. The van der Waals surface area contributed by atoms with E-state index in [-0.39, 0.29) is 31.0 Å². The van der Waals surface area contributed by atoms with Gasteiger partial charge in [0.25, 0.3) is 0 Å². The van der Waals surface area contributed by atoms with Gasteiger partial charge in [-0.1, -0.05) is 106 Å². The Hall–Kier alpha value is 1.48. The number of hydrogen-bond donors (Lipinski definition) is 0. The van der Waals surface area contributed by atoms with Crippen molar-refractivity contribution in [3.63, 3.8) is 0 Å². The molecule has 106 valence electrons. The molecule has 0 spiro atoms. The van der Waals surface area contributed by atoms with Crippen LogP contribution >= 0.6 is 15.9 Å². The predicted molar refractivity (Wildman–Crippen MR) is 85.2 cm³/mol. The molecule has 0 aromatic heterocycles. The van der Waals surface area contributed by atoms with E-state index < -0.39 is 0 Å². The third kappa shape index (κ3) is 19.8. The fourth-order valence-electron chi connectivity index (χ4n) is 2.29. The van der Waals surface area contributed by atoms with Crippen molar-refractivity contribution >= 4 is 15.9 Å². The molecule has 0 unspecified atom stereocenters. The van der Waals surface area contributed by atoms with Crippen LogP contribution < -0.4 is 29.6 Å². The molecule has 0 heterocycles. The second-order valence-corrected chi connectivity index (χ2v) is 6.08. The summed E-state index contributed by atoms with van der Waals surface area (Å²) >= 11 is 3.48. The number of hydrogen-bond acceptors (Lipinski definition) is 0. The van der Waals surface area contributed by atoms with E-state index in [4.69, 9.17) is 0 Å². The van der Waals surface area contributed by atoms with Crippen molar-refractivity contribution in [1.29, 1.82) is 0 Å². The van der Waals surface area contributed by atoms with E-state index in [0.717, 1.165) is 0 Å². The summed E-state index contributed by atoms with van der Waals surface area (Å²) in [6, 6.07) is 0. The minimum atomic E-state index is 0. The van der Waals surface area contributed by atoms with Crippen LogP contribution in [0, 0.1) is 0 Å². The summed E-state index contributed by atoms with van der Waals surface area (Å²) in [5, 5.41) is 1.19. The minimum absolute atomic E-state index is 0. The van der Waals surface area contributed by atoms with E-state index in [0.29, 0.717) is 0 Å². The van der Waals surface area contributed by atoms with Crippen LogP contribution in [0.1, 0.15) is 98.2 Å². The van der Waals surface area contributed by atoms with Crippen LogP contribution in [-0.2, 0) is 0 Å². The van der Waals surface area contributed by atoms with Gasteiger partial charge in [-0.05, 0) is 6.42 Å². The summed E-state index contributed by atoms with van der Waals surface area (Å²) in [5.74, 6) is 0. The summed E-state index contributed by atoms with van der Waals surface area (Å²) < 4.78 is 0. The maximum atomic E-state index is 3.48. The van der Waals surface area contributed by atoms with E-state index in [9.17, 15) is 0 Å². The molecular formula is C16H34BrNa. The first-order valence-electron chi connectivity index (χ1n) is 7.97. The van der Waals surface area contributed by atoms with Crippen LogP contribution in [0.4, 0.5) is 0 Å². The molecule has 0 fully saturated rings. The molecule has 0 rings (SSSR count). The zero-order valence-corrected chi connectivity index (χ0v) is 16.6. The number of alkyl halides is 1. The van der Waals surface area contributed by atoms with E-state index in [2.05, 4.69) is 22.9 Å². The molecule has 0 bridgehead atoms. The minimum Gasteiger partial charge on any atom is -1.00 e. The zero-order valence-electron chi connectivity index (χ0n) is 14.0. The molecule has 0 atom stereocenters. The Balaban J connectivity index is -0.00000128. The quantitative estimate of drug-likeness (QED) is 0.257. The molecule has 0 aromatic rings. The van der Waals surface area contributed by atoms with Gasteiger partial charge in [0.15, 0.2) is 0 Å². The van der Waals surface area contributed by atoms with Gasteiger partial charge < -0.3 is 1.43 Å². The van der Waals surface area contributed by atoms with Crippen molar-refractivity contribution in [3.05, 3.63) is 0 Å². The Morgan fingerprint density at radius 3 is 1.11 bits per heavy atom. The number of unbranched alkanes of at least 4 members (excludes halogenated alkanes) is 13. The third-order valence-corrected chi connectivity index (χ3v) is 4.05.